The molecule has 0 aliphatic rings. The van der Waals surface area contributed by atoms with Crippen LogP contribution in [0.4, 0.5) is 0 Å². The molecule has 0 radical (unpaired) electrons. The van der Waals surface area contributed by atoms with E-state index in [1.807, 2.05) is 6.07 Å². The minimum atomic E-state index is -3.75. The van der Waals surface area contributed by atoms with E-state index in [4.69, 9.17) is 16.3 Å². The monoisotopic (exact) mass is 405 g/mol. The molecule has 27 heavy (non-hydrogen) atoms. The van der Waals surface area contributed by atoms with Gasteiger partial charge in [0.2, 0.25) is 10.0 Å². The van der Waals surface area contributed by atoms with Crippen molar-refractivity contribution in [2.24, 2.45) is 0 Å². The third-order valence-electron chi connectivity index (χ3n) is 3.50. The largest absolute Gasteiger partial charge is 0.458 e. The van der Waals surface area contributed by atoms with Crippen LogP contribution < -0.4 is 4.72 Å². The number of imidazole rings is 1. The molecule has 0 aliphatic carbocycles. The summed E-state index contributed by atoms with van der Waals surface area (Å²) in [5.74, 6) is -0.707. The predicted molar refractivity (Wildman–Crippen MR) is 102 cm³/mol. The van der Waals surface area contributed by atoms with E-state index in [1.54, 1.807) is 53.2 Å². The summed E-state index contributed by atoms with van der Waals surface area (Å²) >= 11 is 5.90. The van der Waals surface area contributed by atoms with Crippen LogP contribution in [0.5, 0.6) is 0 Å². The Labute approximate surface area is 161 Å². The van der Waals surface area contributed by atoms with Crippen molar-refractivity contribution < 1.29 is 17.9 Å². The molecule has 0 fully saturated rings. The molecule has 2 heterocycles. The molecule has 0 bridgehead atoms. The topological polar surface area (TPSA) is 89.8 Å². The Kier molecular flexibility index (Phi) is 5.90. The predicted octanol–water partition coefficient (Wildman–Crippen LogP) is 2.62. The van der Waals surface area contributed by atoms with Crippen LogP contribution in [0.25, 0.3) is 11.7 Å². The first-order chi connectivity index (χ1) is 12.9. The second-order valence-corrected chi connectivity index (χ2v) is 7.67. The van der Waals surface area contributed by atoms with Gasteiger partial charge >= 0.3 is 5.97 Å². The van der Waals surface area contributed by atoms with Gasteiger partial charge in [-0.25, -0.2) is 18.1 Å². The third-order valence-corrected chi connectivity index (χ3v) is 4.77. The lowest BCUT2D eigenvalue weighted by atomic mass is 10.2. The standard InChI is InChI=1S/C18H16ClN3O4S/c19-15-6-7-17-21-16(12-22(17)11-15)13-26-18(23)10-20-27(24,25)9-8-14-4-2-1-3-5-14/h1-9,11-12,20H,10,13H2/b9-8+. The average Bonchev–Trinajstić information content (AvgIpc) is 3.06. The first kappa shape index (κ1) is 19.1. The summed E-state index contributed by atoms with van der Waals surface area (Å²) in [5.41, 5.74) is 1.92. The SMILES string of the molecule is O=C(CNS(=O)(=O)/C=C/c1ccccc1)OCc1cn2cc(Cl)ccc2n1. The van der Waals surface area contributed by atoms with E-state index in [0.717, 1.165) is 11.0 Å². The summed E-state index contributed by atoms with van der Waals surface area (Å²) in [5, 5.41) is 1.56. The molecule has 2 aromatic heterocycles. The zero-order valence-corrected chi connectivity index (χ0v) is 15.7. The lowest BCUT2D eigenvalue weighted by molar-refractivity contribution is -0.143. The van der Waals surface area contributed by atoms with Crippen molar-refractivity contribution in [2.75, 3.05) is 6.54 Å². The summed E-state index contributed by atoms with van der Waals surface area (Å²) in [7, 11) is -3.75. The van der Waals surface area contributed by atoms with E-state index < -0.39 is 22.5 Å². The maximum atomic E-state index is 11.9. The maximum Gasteiger partial charge on any atom is 0.321 e. The number of aromatic nitrogens is 2. The lowest BCUT2D eigenvalue weighted by Crippen LogP contribution is -2.29. The van der Waals surface area contributed by atoms with Crippen molar-refractivity contribution in [3.8, 4) is 0 Å². The Hall–Kier alpha value is -2.68. The summed E-state index contributed by atoms with van der Waals surface area (Å²) in [6, 6.07) is 12.4. The quantitative estimate of drug-likeness (QED) is 0.610. The molecular formula is C18H16ClN3O4S. The number of pyridine rings is 1. The molecular weight excluding hydrogens is 390 g/mol. The first-order valence-electron chi connectivity index (χ1n) is 7.93. The van der Waals surface area contributed by atoms with Crippen LogP contribution in [-0.4, -0.2) is 30.3 Å². The molecule has 0 atom stereocenters. The summed E-state index contributed by atoms with van der Waals surface area (Å²) in [6.45, 7) is -0.541. The van der Waals surface area contributed by atoms with Gasteiger partial charge in [0.25, 0.3) is 0 Å². The van der Waals surface area contributed by atoms with Crippen molar-refractivity contribution in [1.29, 1.82) is 0 Å². The second-order valence-electron chi connectivity index (χ2n) is 5.59. The first-order valence-corrected chi connectivity index (χ1v) is 9.85. The number of carbonyl (C=O) groups excluding carboxylic acids is 1. The molecule has 3 rings (SSSR count). The van der Waals surface area contributed by atoms with Crippen molar-refractivity contribution in [1.82, 2.24) is 14.1 Å². The zero-order valence-electron chi connectivity index (χ0n) is 14.1. The fourth-order valence-corrected chi connectivity index (χ4v) is 3.15. The number of carbonyl (C=O) groups is 1. The highest BCUT2D eigenvalue weighted by Gasteiger charge is 2.11. The number of hydrogen-bond donors (Lipinski definition) is 1. The minimum Gasteiger partial charge on any atom is -0.458 e. The van der Waals surface area contributed by atoms with Crippen molar-refractivity contribution in [2.45, 2.75) is 6.61 Å². The van der Waals surface area contributed by atoms with Crippen LogP contribution in [0.3, 0.4) is 0 Å². The van der Waals surface area contributed by atoms with Gasteiger partial charge in [-0.3, -0.25) is 4.79 Å². The highest BCUT2D eigenvalue weighted by molar-refractivity contribution is 7.92. The van der Waals surface area contributed by atoms with Gasteiger partial charge in [-0.05, 0) is 23.8 Å². The smallest absolute Gasteiger partial charge is 0.321 e. The highest BCUT2D eigenvalue weighted by Crippen LogP contribution is 2.12. The molecule has 1 aromatic carbocycles. The van der Waals surface area contributed by atoms with Gasteiger partial charge in [0.15, 0.2) is 0 Å². The molecule has 140 valence electrons. The van der Waals surface area contributed by atoms with Crippen LogP contribution >= 0.6 is 11.6 Å². The van der Waals surface area contributed by atoms with E-state index in [9.17, 15) is 13.2 Å². The summed E-state index contributed by atoms with van der Waals surface area (Å²) < 4.78 is 32.7. The Bertz CT molecular complexity index is 1080. The van der Waals surface area contributed by atoms with Gasteiger partial charge in [-0.2, -0.15) is 0 Å². The van der Waals surface area contributed by atoms with Gasteiger partial charge in [0.05, 0.1) is 10.7 Å². The van der Waals surface area contributed by atoms with Crippen LogP contribution in [-0.2, 0) is 26.2 Å². The molecule has 0 saturated carbocycles. The molecule has 7 nitrogen and oxygen atoms in total. The number of hydrogen-bond acceptors (Lipinski definition) is 5. The minimum absolute atomic E-state index is 0.0697. The number of rotatable bonds is 7. The van der Waals surface area contributed by atoms with Crippen LogP contribution in [0.2, 0.25) is 5.02 Å². The van der Waals surface area contributed by atoms with Gasteiger partial charge < -0.3 is 9.14 Å². The number of benzene rings is 1. The zero-order chi connectivity index (χ0) is 19.3. The molecule has 0 spiro atoms. The number of nitrogens with one attached hydrogen (secondary N) is 1. The third kappa shape index (κ3) is 5.65. The number of fused-ring (bicyclic) bond motifs is 1. The normalized spacial score (nSPS) is 11.9. The van der Waals surface area contributed by atoms with Crippen LogP contribution in [0.1, 0.15) is 11.3 Å². The fraction of sp³-hybridized carbons (Fsp3) is 0.111. The average molecular weight is 406 g/mol. The maximum absolute atomic E-state index is 11.9. The summed E-state index contributed by atoms with van der Waals surface area (Å²) in [4.78, 5) is 16.1. The van der Waals surface area contributed by atoms with E-state index in [1.165, 1.54) is 6.08 Å². The van der Waals surface area contributed by atoms with E-state index in [2.05, 4.69) is 9.71 Å². The Morgan fingerprint density at radius 3 is 2.74 bits per heavy atom. The number of nitrogens with zero attached hydrogens (tertiary/aromatic N) is 2. The van der Waals surface area contributed by atoms with Crippen molar-refractivity contribution >= 4 is 39.3 Å². The molecule has 0 saturated heterocycles. The molecule has 0 amide bonds. The Balaban J connectivity index is 1.50. The van der Waals surface area contributed by atoms with Gasteiger partial charge in [-0.1, -0.05) is 41.9 Å². The molecule has 9 heteroatoms. The number of halogens is 1. The molecule has 0 aliphatic heterocycles. The number of ether oxygens (including phenoxy) is 1. The second kappa shape index (κ2) is 8.34. The molecule has 0 unspecified atom stereocenters. The number of esters is 1. The molecule has 1 N–H and O–H groups in total. The highest BCUT2D eigenvalue weighted by atomic mass is 35.5. The Morgan fingerprint density at radius 2 is 1.96 bits per heavy atom. The van der Waals surface area contributed by atoms with Crippen LogP contribution in [0.15, 0.2) is 60.3 Å². The van der Waals surface area contributed by atoms with Crippen molar-refractivity contribution in [3.63, 3.8) is 0 Å². The van der Waals surface area contributed by atoms with Crippen LogP contribution in [0, 0.1) is 0 Å². The van der Waals surface area contributed by atoms with E-state index in [0.29, 0.717) is 16.4 Å². The van der Waals surface area contributed by atoms with E-state index >= 15 is 0 Å². The summed E-state index contributed by atoms with van der Waals surface area (Å²) in [6.07, 6.45) is 4.80. The van der Waals surface area contributed by atoms with Gasteiger partial charge in [-0.15, -0.1) is 0 Å². The van der Waals surface area contributed by atoms with Crippen molar-refractivity contribution in [3.05, 3.63) is 76.5 Å². The van der Waals surface area contributed by atoms with E-state index in [-0.39, 0.29) is 6.61 Å². The Morgan fingerprint density at radius 1 is 1.19 bits per heavy atom. The fourth-order valence-electron chi connectivity index (χ4n) is 2.23. The lowest BCUT2D eigenvalue weighted by Gasteiger charge is -2.04. The number of sulfonamides is 1. The van der Waals surface area contributed by atoms with Gasteiger partial charge in [0, 0.05) is 17.8 Å². The molecule has 3 aromatic rings. The van der Waals surface area contributed by atoms with Gasteiger partial charge in [0.1, 0.15) is 18.8 Å².